The van der Waals surface area contributed by atoms with E-state index in [0.717, 1.165) is 19.3 Å². The summed E-state index contributed by atoms with van der Waals surface area (Å²) in [4.78, 5) is 15.6. The van der Waals surface area contributed by atoms with Crippen LogP contribution in [0.15, 0.2) is 11.4 Å². The van der Waals surface area contributed by atoms with E-state index >= 15 is 0 Å². The van der Waals surface area contributed by atoms with Gasteiger partial charge in [0.1, 0.15) is 0 Å². The summed E-state index contributed by atoms with van der Waals surface area (Å²) in [6.07, 6.45) is 3.11. The Labute approximate surface area is 112 Å². The predicted octanol–water partition coefficient (Wildman–Crippen LogP) is 2.40. The van der Waals surface area contributed by atoms with Gasteiger partial charge in [0, 0.05) is 11.9 Å². The maximum Gasteiger partial charge on any atom is 0.230 e. The van der Waals surface area contributed by atoms with Crippen LogP contribution in [0, 0.1) is 0 Å². The van der Waals surface area contributed by atoms with Gasteiger partial charge in [0.2, 0.25) is 5.91 Å². The van der Waals surface area contributed by atoms with E-state index in [1.54, 1.807) is 23.3 Å². The first-order valence-corrected chi connectivity index (χ1v) is 7.30. The van der Waals surface area contributed by atoms with Crippen LogP contribution in [-0.4, -0.2) is 35.1 Å². The molecule has 1 aromatic rings. The molecular formula is C14H21NO2S. The average molecular weight is 267 g/mol. The van der Waals surface area contributed by atoms with Gasteiger partial charge in [0.05, 0.1) is 18.1 Å². The Morgan fingerprint density at radius 2 is 2.33 bits per heavy atom. The third-order valence-corrected chi connectivity index (χ3v) is 4.97. The van der Waals surface area contributed by atoms with Gasteiger partial charge in [0.25, 0.3) is 0 Å². The minimum Gasteiger partial charge on any atom is -0.394 e. The highest BCUT2D eigenvalue weighted by Crippen LogP contribution is 2.36. The molecule has 0 radical (unpaired) electrons. The van der Waals surface area contributed by atoms with E-state index in [1.165, 1.54) is 10.4 Å². The zero-order chi connectivity index (χ0) is 13.3. The topological polar surface area (TPSA) is 40.5 Å². The molecule has 2 rings (SSSR count). The van der Waals surface area contributed by atoms with Crippen molar-refractivity contribution in [2.24, 2.45) is 0 Å². The van der Waals surface area contributed by atoms with Crippen LogP contribution in [0.1, 0.15) is 43.0 Å². The second kappa shape index (κ2) is 5.02. The average Bonchev–Trinajstić information content (AvgIpc) is 2.84. The lowest BCUT2D eigenvalue weighted by molar-refractivity contribution is -0.138. The monoisotopic (exact) mass is 267 g/mol. The molecule has 0 aliphatic heterocycles. The van der Waals surface area contributed by atoms with Gasteiger partial charge in [-0.05, 0) is 50.1 Å². The van der Waals surface area contributed by atoms with E-state index in [9.17, 15) is 9.90 Å². The number of fused-ring (bicyclic) bond motifs is 1. The van der Waals surface area contributed by atoms with Crippen LogP contribution in [0.2, 0.25) is 0 Å². The van der Waals surface area contributed by atoms with Gasteiger partial charge in [-0.15, -0.1) is 11.3 Å². The Morgan fingerprint density at radius 1 is 1.61 bits per heavy atom. The lowest BCUT2D eigenvalue weighted by atomic mass is 9.86. The Hall–Kier alpha value is -0.870. The number of nitrogens with zero attached hydrogens (tertiary/aromatic N) is 1. The van der Waals surface area contributed by atoms with E-state index in [1.807, 2.05) is 13.8 Å². The zero-order valence-electron chi connectivity index (χ0n) is 11.3. The summed E-state index contributed by atoms with van der Waals surface area (Å²) < 4.78 is 0. The number of amides is 1. The molecule has 0 saturated heterocycles. The number of carbonyl (C=O) groups excluding carboxylic acids is 1. The highest BCUT2D eigenvalue weighted by molar-refractivity contribution is 7.10. The van der Waals surface area contributed by atoms with Crippen LogP contribution in [0.5, 0.6) is 0 Å². The molecular weight excluding hydrogens is 246 g/mol. The molecule has 1 aliphatic carbocycles. The molecule has 3 nitrogen and oxygen atoms in total. The largest absolute Gasteiger partial charge is 0.394 e. The van der Waals surface area contributed by atoms with Gasteiger partial charge in [-0.25, -0.2) is 0 Å². The van der Waals surface area contributed by atoms with Gasteiger partial charge in [-0.1, -0.05) is 0 Å². The van der Waals surface area contributed by atoms with Crippen molar-refractivity contribution >= 4 is 17.2 Å². The van der Waals surface area contributed by atoms with Crippen molar-refractivity contribution in [2.75, 3.05) is 13.7 Å². The molecule has 0 fully saturated rings. The number of thiophene rings is 1. The zero-order valence-corrected chi connectivity index (χ0v) is 12.1. The van der Waals surface area contributed by atoms with Gasteiger partial charge >= 0.3 is 0 Å². The molecule has 0 spiro atoms. The van der Waals surface area contributed by atoms with Crippen molar-refractivity contribution in [3.8, 4) is 0 Å². The molecule has 18 heavy (non-hydrogen) atoms. The minimum atomic E-state index is -0.495. The summed E-state index contributed by atoms with van der Waals surface area (Å²) in [7, 11) is 1.79. The number of aliphatic hydroxyl groups excluding tert-OH is 1. The Balaban J connectivity index is 2.22. The number of carbonyl (C=O) groups is 1. The van der Waals surface area contributed by atoms with E-state index in [0.29, 0.717) is 0 Å². The summed E-state index contributed by atoms with van der Waals surface area (Å²) in [6, 6.07) is 2.08. The summed E-state index contributed by atoms with van der Waals surface area (Å²) in [6.45, 7) is 3.77. The standard InChI is InChI=1S/C14H21NO2S/c1-14(2,9-16)15(3)13(17)11-5-4-6-12-10(11)7-8-18-12/h7-8,11,16H,4-6,9H2,1-3H3. The van der Waals surface area contributed by atoms with Crippen molar-refractivity contribution in [2.45, 2.75) is 44.6 Å². The second-order valence-electron chi connectivity index (χ2n) is 5.61. The first-order valence-electron chi connectivity index (χ1n) is 6.42. The maximum absolute atomic E-state index is 12.6. The first-order chi connectivity index (χ1) is 8.47. The van der Waals surface area contributed by atoms with E-state index in [2.05, 4.69) is 11.4 Å². The molecule has 1 aromatic heterocycles. The molecule has 4 heteroatoms. The lowest BCUT2D eigenvalue weighted by Crippen LogP contribution is -2.49. The Morgan fingerprint density at radius 3 is 3.00 bits per heavy atom. The molecule has 1 atom stereocenters. The van der Waals surface area contributed by atoms with Gasteiger partial charge < -0.3 is 10.0 Å². The van der Waals surface area contributed by atoms with Crippen molar-refractivity contribution < 1.29 is 9.90 Å². The molecule has 100 valence electrons. The van der Waals surface area contributed by atoms with Crippen LogP contribution in [-0.2, 0) is 11.2 Å². The van der Waals surface area contributed by atoms with Gasteiger partial charge in [-0.3, -0.25) is 4.79 Å². The van der Waals surface area contributed by atoms with E-state index in [4.69, 9.17) is 0 Å². The molecule has 1 heterocycles. The summed E-state index contributed by atoms with van der Waals surface area (Å²) in [5.41, 5.74) is 0.710. The molecule has 0 bridgehead atoms. The van der Waals surface area contributed by atoms with E-state index < -0.39 is 5.54 Å². The fraction of sp³-hybridized carbons (Fsp3) is 0.643. The highest BCUT2D eigenvalue weighted by Gasteiger charge is 2.34. The van der Waals surface area contributed by atoms with Crippen LogP contribution >= 0.6 is 11.3 Å². The van der Waals surface area contributed by atoms with Crippen molar-refractivity contribution in [3.05, 3.63) is 21.9 Å². The first kappa shape index (κ1) is 13.6. The molecule has 1 N–H and O–H groups in total. The fourth-order valence-electron chi connectivity index (χ4n) is 2.38. The van der Waals surface area contributed by atoms with Crippen LogP contribution in [0.25, 0.3) is 0 Å². The lowest BCUT2D eigenvalue weighted by Gasteiger charge is -2.37. The van der Waals surface area contributed by atoms with Crippen LogP contribution in [0.3, 0.4) is 0 Å². The fourth-order valence-corrected chi connectivity index (χ4v) is 3.37. The Bertz CT molecular complexity index is 439. The predicted molar refractivity (Wildman–Crippen MR) is 73.9 cm³/mol. The van der Waals surface area contributed by atoms with Crippen molar-refractivity contribution in [3.63, 3.8) is 0 Å². The minimum absolute atomic E-state index is 0.0154. The van der Waals surface area contributed by atoms with Crippen LogP contribution < -0.4 is 0 Å². The number of likely N-dealkylation sites (N-methyl/N-ethyl adjacent to an activating group) is 1. The van der Waals surface area contributed by atoms with Gasteiger partial charge in [0.15, 0.2) is 0 Å². The third-order valence-electron chi connectivity index (χ3n) is 3.98. The normalized spacial score (nSPS) is 19.4. The van der Waals surface area contributed by atoms with Crippen molar-refractivity contribution in [1.82, 2.24) is 4.90 Å². The summed E-state index contributed by atoms with van der Waals surface area (Å²) in [5.74, 6) is 0.115. The number of hydrogen-bond donors (Lipinski definition) is 1. The SMILES string of the molecule is CN(C(=O)C1CCCc2sccc21)C(C)(C)CO. The second-order valence-corrected chi connectivity index (χ2v) is 6.61. The molecule has 1 aliphatic rings. The number of aryl methyl sites for hydroxylation is 1. The quantitative estimate of drug-likeness (QED) is 0.913. The smallest absolute Gasteiger partial charge is 0.230 e. The molecule has 1 amide bonds. The third kappa shape index (κ3) is 2.31. The molecule has 0 saturated carbocycles. The summed E-state index contributed by atoms with van der Waals surface area (Å²) >= 11 is 1.75. The maximum atomic E-state index is 12.6. The number of aliphatic hydroxyl groups is 1. The van der Waals surface area contributed by atoms with E-state index in [-0.39, 0.29) is 18.4 Å². The molecule has 0 aromatic carbocycles. The number of rotatable bonds is 3. The van der Waals surface area contributed by atoms with Crippen molar-refractivity contribution in [1.29, 1.82) is 0 Å². The number of hydrogen-bond acceptors (Lipinski definition) is 3. The molecule has 1 unspecified atom stereocenters. The highest BCUT2D eigenvalue weighted by atomic mass is 32.1. The van der Waals surface area contributed by atoms with Crippen LogP contribution in [0.4, 0.5) is 0 Å². The summed E-state index contributed by atoms with van der Waals surface area (Å²) in [5, 5.41) is 11.5. The Kier molecular flexibility index (Phi) is 3.78. The van der Waals surface area contributed by atoms with Gasteiger partial charge in [-0.2, -0.15) is 0 Å².